The third kappa shape index (κ3) is 21.3. The molecule has 44 heavy (non-hydrogen) atoms. The molecule has 0 aromatic carbocycles. The van der Waals surface area contributed by atoms with E-state index in [9.17, 15) is 35.5 Å². The Morgan fingerprint density at radius 2 is 0.636 bits per heavy atom. The maximum absolute atomic E-state index is 13.1. The van der Waals surface area contributed by atoms with Crippen molar-refractivity contribution in [3.63, 3.8) is 0 Å². The van der Waals surface area contributed by atoms with Crippen molar-refractivity contribution in [1.29, 1.82) is 0 Å². The van der Waals surface area contributed by atoms with Crippen molar-refractivity contribution in [2.45, 2.75) is 18.0 Å². The van der Waals surface area contributed by atoms with Gasteiger partial charge in [-0.15, -0.1) is 0 Å². The summed E-state index contributed by atoms with van der Waals surface area (Å²) in [6.07, 6.45) is -6.62. The van der Waals surface area contributed by atoms with Gasteiger partial charge in [-0.25, -0.2) is 4.79 Å². The highest BCUT2D eigenvalue weighted by molar-refractivity contribution is 5.79. The summed E-state index contributed by atoms with van der Waals surface area (Å²) in [5.74, 6) is -15.6. The molecule has 0 saturated heterocycles. The van der Waals surface area contributed by atoms with Gasteiger partial charge in [0.25, 0.3) is 0 Å². The van der Waals surface area contributed by atoms with Crippen molar-refractivity contribution in [2.24, 2.45) is 0 Å². The first-order valence-electron chi connectivity index (χ1n) is 13.7. The number of halogens is 7. The molecule has 0 aliphatic rings. The number of rotatable bonds is 32. The Morgan fingerprint density at radius 3 is 0.864 bits per heavy atom. The van der Waals surface area contributed by atoms with E-state index < -0.39 is 37.2 Å². The lowest BCUT2D eigenvalue weighted by atomic mass is 10.1. The predicted molar refractivity (Wildman–Crippen MR) is 136 cm³/mol. The highest BCUT2D eigenvalue weighted by Gasteiger charge is 2.77. The van der Waals surface area contributed by atoms with Crippen LogP contribution < -0.4 is 0 Å². The molecular formula is C25H43F7O12. The zero-order chi connectivity index (χ0) is 33.0. The molecule has 0 saturated carbocycles. The van der Waals surface area contributed by atoms with Gasteiger partial charge in [-0.05, 0) is 0 Å². The molecule has 0 N–H and O–H groups in total. The molecule has 0 unspecified atom stereocenters. The summed E-state index contributed by atoms with van der Waals surface area (Å²) in [6, 6.07) is 0. The van der Waals surface area contributed by atoms with E-state index in [1.165, 1.54) is 0 Å². The van der Waals surface area contributed by atoms with Gasteiger partial charge >= 0.3 is 24.0 Å². The van der Waals surface area contributed by atoms with Crippen LogP contribution in [0.1, 0.15) is 0 Å². The molecule has 0 radical (unpaired) electrons. The molecule has 19 heteroatoms. The number of methoxy groups -OCH3 is 1. The maximum atomic E-state index is 13.1. The van der Waals surface area contributed by atoms with Crippen molar-refractivity contribution in [3.05, 3.63) is 0 Å². The van der Waals surface area contributed by atoms with Crippen LogP contribution in [0.5, 0.6) is 0 Å². The fraction of sp³-hybridized carbons (Fsp3) is 0.960. The average molecular weight is 669 g/mol. The average Bonchev–Trinajstić information content (AvgIpc) is 2.97. The Balaban J connectivity index is 3.32. The summed E-state index contributed by atoms with van der Waals surface area (Å²) in [7, 11) is 1.61. The van der Waals surface area contributed by atoms with Gasteiger partial charge in [0.2, 0.25) is 0 Å². The summed E-state index contributed by atoms with van der Waals surface area (Å²) in [5, 5.41) is 0. The number of esters is 1. The van der Waals surface area contributed by atoms with E-state index in [2.05, 4.69) is 4.74 Å². The lowest BCUT2D eigenvalue weighted by Crippen LogP contribution is -2.56. The Bertz CT molecular complexity index is 676. The minimum absolute atomic E-state index is 0.0334. The highest BCUT2D eigenvalue weighted by Crippen LogP contribution is 2.46. The summed E-state index contributed by atoms with van der Waals surface area (Å²) in [5.41, 5.74) is 0. The minimum atomic E-state index is -6.62. The summed E-state index contributed by atoms with van der Waals surface area (Å²) in [6.45, 7) is 5.07. The van der Waals surface area contributed by atoms with Gasteiger partial charge in [-0.3, -0.25) is 0 Å². The number of hydrogen-bond acceptors (Lipinski definition) is 12. The minimum Gasteiger partial charge on any atom is -0.459 e. The molecule has 0 atom stereocenters. The summed E-state index contributed by atoms with van der Waals surface area (Å²) < 4.78 is 144. The molecule has 12 nitrogen and oxygen atoms in total. The molecular weight excluding hydrogens is 625 g/mol. The molecule has 0 fully saturated rings. The van der Waals surface area contributed by atoms with Crippen molar-refractivity contribution >= 4 is 5.97 Å². The molecule has 0 aliphatic carbocycles. The van der Waals surface area contributed by atoms with Crippen LogP contribution in [-0.4, -0.2) is 163 Å². The van der Waals surface area contributed by atoms with Crippen molar-refractivity contribution in [2.75, 3.05) is 139 Å². The van der Waals surface area contributed by atoms with Crippen molar-refractivity contribution < 1.29 is 87.6 Å². The Hall–Kier alpha value is -1.42. The standard InChI is InChI=1S/C25H43F7O12/c1-34-2-3-35-4-5-36-6-7-37-8-9-38-10-11-39-12-13-40-14-15-41-16-17-42-18-19-43-20-21-44-22(33)23(26,27)24(28,29)25(30,31)32/h2-21H2,1H3. The first-order valence-corrected chi connectivity index (χ1v) is 13.7. The molecule has 0 bridgehead atoms. The van der Waals surface area contributed by atoms with E-state index in [0.717, 1.165) is 0 Å². The molecule has 0 aliphatic heterocycles. The summed E-state index contributed by atoms with van der Waals surface area (Å²) in [4.78, 5) is 10.9. The van der Waals surface area contributed by atoms with E-state index in [0.29, 0.717) is 92.5 Å². The van der Waals surface area contributed by atoms with Crippen molar-refractivity contribution in [3.8, 4) is 0 Å². The fourth-order valence-corrected chi connectivity index (χ4v) is 2.59. The first-order chi connectivity index (χ1) is 21.0. The molecule has 0 aromatic rings. The lowest BCUT2D eigenvalue weighted by molar-refractivity contribution is -0.348. The van der Waals surface area contributed by atoms with Crippen LogP contribution >= 0.6 is 0 Å². The van der Waals surface area contributed by atoms with Gasteiger partial charge in [0.05, 0.1) is 126 Å². The largest absolute Gasteiger partial charge is 0.460 e. The predicted octanol–water partition coefficient (Wildman–Crippen LogP) is 2.16. The SMILES string of the molecule is COCCOCCOCCOCCOCCOCCOCCOCCOCCOCCOC(=O)C(F)(F)C(F)(F)C(F)(F)F. The van der Waals surface area contributed by atoms with E-state index >= 15 is 0 Å². The van der Waals surface area contributed by atoms with Gasteiger partial charge in [-0.2, -0.15) is 30.7 Å². The highest BCUT2D eigenvalue weighted by atomic mass is 19.4. The van der Waals surface area contributed by atoms with Crippen LogP contribution in [0.15, 0.2) is 0 Å². The fourth-order valence-electron chi connectivity index (χ4n) is 2.59. The van der Waals surface area contributed by atoms with Crippen molar-refractivity contribution in [1.82, 2.24) is 0 Å². The van der Waals surface area contributed by atoms with E-state index in [-0.39, 0.29) is 26.4 Å². The van der Waals surface area contributed by atoms with Crippen LogP contribution in [0.25, 0.3) is 0 Å². The zero-order valence-corrected chi connectivity index (χ0v) is 24.7. The van der Waals surface area contributed by atoms with Gasteiger partial charge < -0.3 is 52.1 Å². The van der Waals surface area contributed by atoms with Crippen LogP contribution in [0.4, 0.5) is 30.7 Å². The van der Waals surface area contributed by atoms with Crippen LogP contribution in [0, 0.1) is 0 Å². The Morgan fingerprint density at radius 1 is 0.409 bits per heavy atom. The monoisotopic (exact) mass is 668 g/mol. The Kier molecular flexibility index (Phi) is 25.9. The van der Waals surface area contributed by atoms with Crippen LogP contribution in [0.2, 0.25) is 0 Å². The third-order valence-electron chi connectivity index (χ3n) is 4.88. The van der Waals surface area contributed by atoms with Crippen LogP contribution in [0.3, 0.4) is 0 Å². The summed E-state index contributed by atoms with van der Waals surface area (Å²) >= 11 is 0. The van der Waals surface area contributed by atoms with E-state index in [4.69, 9.17) is 47.4 Å². The number of ether oxygens (including phenoxy) is 11. The Labute approximate surface area is 251 Å². The quantitative estimate of drug-likeness (QED) is 0.0594. The second-order valence-electron chi connectivity index (χ2n) is 8.29. The van der Waals surface area contributed by atoms with Gasteiger partial charge in [0.15, 0.2) is 0 Å². The molecule has 0 rings (SSSR count). The molecule has 0 spiro atoms. The third-order valence-corrected chi connectivity index (χ3v) is 4.88. The number of carbonyl (C=O) groups excluding carboxylic acids is 1. The topological polar surface area (TPSA) is 119 Å². The van der Waals surface area contributed by atoms with Gasteiger partial charge in [0.1, 0.15) is 6.61 Å². The smallest absolute Gasteiger partial charge is 0.459 e. The van der Waals surface area contributed by atoms with E-state index in [1.807, 2.05) is 0 Å². The molecule has 264 valence electrons. The maximum Gasteiger partial charge on any atom is 0.460 e. The van der Waals surface area contributed by atoms with Gasteiger partial charge in [0, 0.05) is 7.11 Å². The first kappa shape index (κ1) is 42.6. The number of hydrogen-bond donors (Lipinski definition) is 0. The number of alkyl halides is 7. The van der Waals surface area contributed by atoms with Crippen LogP contribution in [-0.2, 0) is 56.9 Å². The molecule has 0 amide bonds. The van der Waals surface area contributed by atoms with E-state index in [1.54, 1.807) is 7.11 Å². The second kappa shape index (κ2) is 26.8. The number of carbonyl (C=O) groups is 1. The lowest BCUT2D eigenvalue weighted by Gasteiger charge is -2.26. The van der Waals surface area contributed by atoms with Gasteiger partial charge in [-0.1, -0.05) is 0 Å². The normalized spacial score (nSPS) is 12.6. The second-order valence-corrected chi connectivity index (χ2v) is 8.29. The zero-order valence-electron chi connectivity index (χ0n) is 24.7. The molecule has 0 aromatic heterocycles. The molecule has 0 heterocycles.